The van der Waals surface area contributed by atoms with Crippen molar-refractivity contribution in [3.8, 4) is 22.6 Å². The van der Waals surface area contributed by atoms with E-state index in [1.165, 1.54) is 19.2 Å². The van der Waals surface area contributed by atoms with Gasteiger partial charge >= 0.3 is 0 Å². The van der Waals surface area contributed by atoms with Crippen molar-refractivity contribution in [2.75, 3.05) is 25.1 Å². The molecule has 2 aromatic carbocycles. The zero-order valence-electron chi connectivity index (χ0n) is 18.9. The molecule has 3 aromatic rings. The SMILES string of the molecule is COC(O)N1c2ccc(-c3cnn(C4CCNC4)c3)c(Oc3ccc(F)cc3)c2CCC1C. The van der Waals surface area contributed by atoms with Crippen LogP contribution >= 0.6 is 0 Å². The third-order valence-corrected chi connectivity index (χ3v) is 6.60. The lowest BCUT2D eigenvalue weighted by Crippen LogP contribution is -2.46. The Morgan fingerprint density at radius 3 is 2.73 bits per heavy atom. The number of hydrogen-bond acceptors (Lipinski definition) is 6. The molecule has 7 nitrogen and oxygen atoms in total. The molecule has 0 bridgehead atoms. The molecule has 2 N–H and O–H groups in total. The maximum atomic E-state index is 13.5. The van der Waals surface area contributed by atoms with Crippen LogP contribution in [0.5, 0.6) is 11.5 Å². The van der Waals surface area contributed by atoms with Gasteiger partial charge in [-0.2, -0.15) is 5.10 Å². The average molecular weight is 453 g/mol. The molecule has 0 spiro atoms. The molecule has 0 amide bonds. The minimum absolute atomic E-state index is 0.106. The monoisotopic (exact) mass is 452 g/mol. The minimum Gasteiger partial charge on any atom is -0.456 e. The van der Waals surface area contributed by atoms with Crippen LogP contribution in [-0.2, 0) is 11.2 Å². The molecule has 0 radical (unpaired) electrons. The van der Waals surface area contributed by atoms with Crippen LogP contribution < -0.4 is 15.0 Å². The molecule has 3 atom stereocenters. The first-order valence-electron chi connectivity index (χ1n) is 11.4. The van der Waals surface area contributed by atoms with Crippen LogP contribution in [0, 0.1) is 5.82 Å². The number of aliphatic hydroxyl groups is 1. The summed E-state index contributed by atoms with van der Waals surface area (Å²) >= 11 is 0. The third-order valence-electron chi connectivity index (χ3n) is 6.60. The molecule has 2 aliphatic heterocycles. The largest absolute Gasteiger partial charge is 0.456 e. The summed E-state index contributed by atoms with van der Waals surface area (Å²) in [6.07, 6.45) is 5.54. The number of halogens is 1. The van der Waals surface area contributed by atoms with Crippen molar-refractivity contribution in [2.45, 2.75) is 44.7 Å². The summed E-state index contributed by atoms with van der Waals surface area (Å²) in [4.78, 5) is 1.87. The Labute approximate surface area is 192 Å². The molecule has 33 heavy (non-hydrogen) atoms. The van der Waals surface area contributed by atoms with Crippen LogP contribution in [0.1, 0.15) is 31.4 Å². The first-order valence-corrected chi connectivity index (χ1v) is 11.4. The number of fused-ring (bicyclic) bond motifs is 1. The van der Waals surface area contributed by atoms with Gasteiger partial charge in [-0.15, -0.1) is 0 Å². The molecular formula is C25H29FN4O3. The molecule has 3 heterocycles. The van der Waals surface area contributed by atoms with Crippen LogP contribution in [-0.4, -0.2) is 47.5 Å². The van der Waals surface area contributed by atoms with Gasteiger partial charge in [-0.05, 0) is 69.1 Å². The van der Waals surface area contributed by atoms with E-state index in [1.807, 2.05) is 27.9 Å². The van der Waals surface area contributed by atoms with Crippen molar-refractivity contribution in [3.63, 3.8) is 0 Å². The number of anilines is 1. The molecule has 1 aromatic heterocycles. The fraction of sp³-hybridized carbons (Fsp3) is 0.400. The molecule has 0 aliphatic carbocycles. The number of benzene rings is 2. The zero-order valence-corrected chi connectivity index (χ0v) is 18.9. The van der Waals surface area contributed by atoms with Crippen molar-refractivity contribution in [3.05, 3.63) is 60.2 Å². The van der Waals surface area contributed by atoms with E-state index in [4.69, 9.17) is 9.47 Å². The smallest absolute Gasteiger partial charge is 0.237 e. The van der Waals surface area contributed by atoms with Crippen molar-refractivity contribution >= 4 is 5.69 Å². The number of aromatic nitrogens is 2. The van der Waals surface area contributed by atoms with Gasteiger partial charge in [0.1, 0.15) is 17.3 Å². The first-order chi connectivity index (χ1) is 16.0. The van der Waals surface area contributed by atoms with Crippen LogP contribution in [0.3, 0.4) is 0 Å². The van der Waals surface area contributed by atoms with Crippen LogP contribution in [0.15, 0.2) is 48.8 Å². The average Bonchev–Trinajstić information content (AvgIpc) is 3.52. The summed E-state index contributed by atoms with van der Waals surface area (Å²) in [6.45, 7) is 3.97. The van der Waals surface area contributed by atoms with Gasteiger partial charge in [-0.3, -0.25) is 4.68 Å². The summed E-state index contributed by atoms with van der Waals surface area (Å²) in [5.74, 6) is 0.937. The molecule has 1 fully saturated rings. The van der Waals surface area contributed by atoms with Gasteiger partial charge in [-0.1, -0.05) is 0 Å². The Balaban J connectivity index is 1.60. The van der Waals surface area contributed by atoms with E-state index >= 15 is 0 Å². The van der Waals surface area contributed by atoms with Gasteiger partial charge < -0.3 is 24.8 Å². The van der Waals surface area contributed by atoms with Gasteiger partial charge in [-0.25, -0.2) is 4.39 Å². The second kappa shape index (κ2) is 9.13. The fourth-order valence-electron chi connectivity index (χ4n) is 4.79. The molecule has 8 heteroatoms. The van der Waals surface area contributed by atoms with Gasteiger partial charge in [0.05, 0.1) is 12.2 Å². The molecule has 3 unspecified atom stereocenters. The van der Waals surface area contributed by atoms with Crippen LogP contribution in [0.4, 0.5) is 10.1 Å². The predicted molar refractivity (Wildman–Crippen MR) is 124 cm³/mol. The number of rotatable bonds is 6. The number of nitrogens with one attached hydrogen (secondary N) is 1. The molecule has 174 valence electrons. The van der Waals surface area contributed by atoms with Crippen molar-refractivity contribution < 1.29 is 19.0 Å². The Morgan fingerprint density at radius 2 is 2.00 bits per heavy atom. The zero-order chi connectivity index (χ0) is 22.9. The highest BCUT2D eigenvalue weighted by Gasteiger charge is 2.32. The van der Waals surface area contributed by atoms with Gasteiger partial charge in [0, 0.05) is 48.3 Å². The fourth-order valence-corrected chi connectivity index (χ4v) is 4.79. The van der Waals surface area contributed by atoms with E-state index < -0.39 is 6.41 Å². The second-order valence-corrected chi connectivity index (χ2v) is 8.71. The summed E-state index contributed by atoms with van der Waals surface area (Å²) < 4.78 is 27.1. The lowest BCUT2D eigenvalue weighted by atomic mass is 9.92. The number of ether oxygens (including phenoxy) is 2. The Kier molecular flexibility index (Phi) is 6.05. The standard InChI is InChI=1S/C25H29FN4O3/c1-16-3-8-22-23(30(16)25(31)32-2)10-9-21(24(22)33-20-6-4-18(26)5-7-20)17-13-28-29(15-17)19-11-12-27-14-19/h4-7,9-10,13,15-16,19,25,27,31H,3,8,11-12,14H2,1-2H3. The summed E-state index contributed by atoms with van der Waals surface area (Å²) in [5.41, 5.74) is 3.73. The van der Waals surface area contributed by atoms with Crippen molar-refractivity contribution in [1.29, 1.82) is 0 Å². The van der Waals surface area contributed by atoms with E-state index in [9.17, 15) is 9.50 Å². The predicted octanol–water partition coefficient (Wildman–Crippen LogP) is 4.08. The van der Waals surface area contributed by atoms with E-state index in [1.54, 1.807) is 12.1 Å². The quantitative estimate of drug-likeness (QED) is 0.549. The molecule has 1 saturated heterocycles. The minimum atomic E-state index is -1.05. The Morgan fingerprint density at radius 1 is 1.18 bits per heavy atom. The molecule has 5 rings (SSSR count). The number of hydrogen-bond donors (Lipinski definition) is 2. The molecule has 2 aliphatic rings. The number of methoxy groups -OCH3 is 1. The number of nitrogens with zero attached hydrogens (tertiary/aromatic N) is 3. The van der Waals surface area contributed by atoms with Crippen molar-refractivity contribution in [1.82, 2.24) is 15.1 Å². The van der Waals surface area contributed by atoms with Gasteiger partial charge in [0.15, 0.2) is 0 Å². The summed E-state index contributed by atoms with van der Waals surface area (Å²) in [7, 11) is 1.49. The van der Waals surface area contributed by atoms with E-state index in [-0.39, 0.29) is 11.9 Å². The topological polar surface area (TPSA) is 71.8 Å². The molecular weight excluding hydrogens is 423 g/mol. The van der Waals surface area contributed by atoms with E-state index in [0.717, 1.165) is 54.7 Å². The summed E-state index contributed by atoms with van der Waals surface area (Å²) in [6, 6.07) is 10.5. The normalized spacial score (nSPS) is 21.2. The van der Waals surface area contributed by atoms with Crippen LogP contribution in [0.2, 0.25) is 0 Å². The molecule has 0 saturated carbocycles. The maximum Gasteiger partial charge on any atom is 0.237 e. The van der Waals surface area contributed by atoms with E-state index in [2.05, 4.69) is 23.5 Å². The lowest BCUT2D eigenvalue weighted by molar-refractivity contribution is -0.0795. The van der Waals surface area contributed by atoms with Crippen LogP contribution in [0.25, 0.3) is 11.1 Å². The lowest BCUT2D eigenvalue weighted by Gasteiger charge is -2.40. The summed E-state index contributed by atoms with van der Waals surface area (Å²) in [5, 5.41) is 18.5. The highest BCUT2D eigenvalue weighted by atomic mass is 19.1. The second-order valence-electron chi connectivity index (χ2n) is 8.71. The third kappa shape index (κ3) is 4.21. The first kappa shape index (κ1) is 21.9. The Bertz CT molecular complexity index is 1110. The van der Waals surface area contributed by atoms with E-state index in [0.29, 0.717) is 17.5 Å². The van der Waals surface area contributed by atoms with Gasteiger partial charge in [0.2, 0.25) is 6.41 Å². The number of aliphatic hydroxyl groups excluding tert-OH is 1. The van der Waals surface area contributed by atoms with Crippen molar-refractivity contribution in [2.24, 2.45) is 0 Å². The highest BCUT2D eigenvalue weighted by Crippen LogP contribution is 2.45. The van der Waals surface area contributed by atoms with Gasteiger partial charge in [0.25, 0.3) is 0 Å². The maximum absolute atomic E-state index is 13.5. The Hall–Kier alpha value is -2.94. The highest BCUT2D eigenvalue weighted by molar-refractivity contribution is 5.78.